The van der Waals surface area contributed by atoms with Gasteiger partial charge in [-0.3, -0.25) is 9.79 Å². The summed E-state index contributed by atoms with van der Waals surface area (Å²) in [6, 6.07) is 0.444. The zero-order valence-electron chi connectivity index (χ0n) is 14.4. The number of halogens is 1. The molecule has 3 N–H and O–H groups in total. The van der Waals surface area contributed by atoms with E-state index in [2.05, 4.69) is 31.3 Å². The summed E-state index contributed by atoms with van der Waals surface area (Å²) in [6.07, 6.45) is 4.49. The summed E-state index contributed by atoms with van der Waals surface area (Å²) in [5, 5.41) is 12.7. The minimum absolute atomic E-state index is 0. The standard InChI is InChI=1S/C16H27N5OS.HI/c1-3-17-16(19-10-8-14-11-23-12(2)20-14)18-9-4-5-15(22)21-13-6-7-13;/h11,13H,3-10H2,1-2H3,(H,21,22)(H2,17,18,19);1H. The van der Waals surface area contributed by atoms with Gasteiger partial charge in [0.25, 0.3) is 0 Å². The van der Waals surface area contributed by atoms with Gasteiger partial charge in [0.2, 0.25) is 5.91 Å². The van der Waals surface area contributed by atoms with Gasteiger partial charge in [-0.05, 0) is 33.1 Å². The van der Waals surface area contributed by atoms with Crippen LogP contribution in [-0.2, 0) is 11.2 Å². The number of aromatic nitrogens is 1. The molecule has 1 aromatic heterocycles. The molecule has 0 aromatic carbocycles. The summed E-state index contributed by atoms with van der Waals surface area (Å²) in [6.45, 7) is 6.35. The normalized spacial score (nSPS) is 14.0. The third-order valence-electron chi connectivity index (χ3n) is 3.46. The molecule has 0 atom stereocenters. The van der Waals surface area contributed by atoms with E-state index in [1.165, 1.54) is 0 Å². The van der Waals surface area contributed by atoms with E-state index in [1.807, 2.05) is 13.8 Å². The molecule has 0 saturated heterocycles. The highest BCUT2D eigenvalue weighted by molar-refractivity contribution is 14.0. The molecule has 136 valence electrons. The van der Waals surface area contributed by atoms with Crippen molar-refractivity contribution in [2.24, 2.45) is 4.99 Å². The third-order valence-corrected chi connectivity index (χ3v) is 4.28. The second kappa shape index (κ2) is 11.6. The van der Waals surface area contributed by atoms with Crippen molar-refractivity contribution in [3.63, 3.8) is 0 Å². The second-order valence-corrected chi connectivity index (χ2v) is 6.80. The highest BCUT2D eigenvalue weighted by atomic mass is 127. The van der Waals surface area contributed by atoms with Crippen molar-refractivity contribution in [1.29, 1.82) is 0 Å². The van der Waals surface area contributed by atoms with Gasteiger partial charge in [0.05, 0.1) is 10.7 Å². The summed E-state index contributed by atoms with van der Waals surface area (Å²) >= 11 is 1.68. The number of hydrogen-bond acceptors (Lipinski definition) is 4. The topological polar surface area (TPSA) is 78.4 Å². The van der Waals surface area contributed by atoms with Gasteiger partial charge in [0, 0.05) is 43.9 Å². The Morgan fingerprint density at radius 1 is 1.42 bits per heavy atom. The molecule has 1 aliphatic rings. The molecule has 1 aliphatic carbocycles. The number of nitrogens with one attached hydrogen (secondary N) is 3. The average molecular weight is 465 g/mol. The van der Waals surface area contributed by atoms with Crippen LogP contribution in [-0.4, -0.2) is 42.5 Å². The lowest BCUT2D eigenvalue weighted by molar-refractivity contribution is -0.121. The number of aliphatic imine (C=N–C) groups is 1. The number of thiazole rings is 1. The van der Waals surface area contributed by atoms with Crippen LogP contribution < -0.4 is 16.0 Å². The zero-order valence-corrected chi connectivity index (χ0v) is 17.6. The van der Waals surface area contributed by atoms with Crippen LogP contribution in [0.1, 0.15) is 43.3 Å². The van der Waals surface area contributed by atoms with Crippen LogP contribution >= 0.6 is 35.3 Å². The zero-order chi connectivity index (χ0) is 16.5. The molecule has 1 aromatic rings. The predicted molar refractivity (Wildman–Crippen MR) is 110 cm³/mol. The first kappa shape index (κ1) is 21.1. The summed E-state index contributed by atoms with van der Waals surface area (Å²) < 4.78 is 0. The van der Waals surface area contributed by atoms with Crippen molar-refractivity contribution >= 4 is 47.2 Å². The number of carbonyl (C=O) groups excluding carboxylic acids is 1. The van der Waals surface area contributed by atoms with E-state index < -0.39 is 0 Å². The number of amides is 1. The van der Waals surface area contributed by atoms with E-state index in [0.717, 1.165) is 55.4 Å². The molecule has 1 heterocycles. The SMILES string of the molecule is CCNC(=NCCCC(=O)NC1CC1)NCCc1csc(C)n1.I. The Hall–Kier alpha value is -0.900. The summed E-state index contributed by atoms with van der Waals surface area (Å²) in [5.41, 5.74) is 1.12. The van der Waals surface area contributed by atoms with E-state index in [-0.39, 0.29) is 29.9 Å². The highest BCUT2D eigenvalue weighted by Gasteiger charge is 2.22. The minimum atomic E-state index is 0. The molecular formula is C16H28IN5OS. The Balaban J connectivity index is 0.00000288. The van der Waals surface area contributed by atoms with E-state index in [1.54, 1.807) is 11.3 Å². The molecule has 2 rings (SSSR count). The molecule has 0 bridgehead atoms. The lowest BCUT2D eigenvalue weighted by Gasteiger charge is -2.10. The molecule has 8 heteroatoms. The van der Waals surface area contributed by atoms with Gasteiger partial charge in [0.15, 0.2) is 5.96 Å². The van der Waals surface area contributed by atoms with Crippen LogP contribution in [0.2, 0.25) is 0 Å². The molecule has 1 saturated carbocycles. The fourth-order valence-corrected chi connectivity index (χ4v) is 2.78. The predicted octanol–water partition coefficient (Wildman–Crippen LogP) is 2.23. The number of hydrogen-bond donors (Lipinski definition) is 3. The van der Waals surface area contributed by atoms with Crippen LogP contribution in [0.4, 0.5) is 0 Å². The highest BCUT2D eigenvalue weighted by Crippen LogP contribution is 2.18. The van der Waals surface area contributed by atoms with Crippen molar-refractivity contribution in [3.05, 3.63) is 16.1 Å². The Morgan fingerprint density at radius 3 is 2.83 bits per heavy atom. The maximum atomic E-state index is 11.6. The molecule has 1 amide bonds. The first-order valence-corrected chi connectivity index (χ1v) is 9.28. The first-order chi connectivity index (χ1) is 11.2. The quantitative estimate of drug-likeness (QED) is 0.226. The van der Waals surface area contributed by atoms with E-state index in [4.69, 9.17) is 0 Å². The fourth-order valence-electron chi connectivity index (χ4n) is 2.13. The fraction of sp³-hybridized carbons (Fsp3) is 0.688. The van der Waals surface area contributed by atoms with E-state index in [0.29, 0.717) is 19.0 Å². The van der Waals surface area contributed by atoms with Crippen molar-refractivity contribution < 1.29 is 4.79 Å². The number of aryl methyl sites for hydroxylation is 1. The molecule has 0 radical (unpaired) electrons. The molecule has 1 fully saturated rings. The van der Waals surface area contributed by atoms with Crippen molar-refractivity contribution in [3.8, 4) is 0 Å². The van der Waals surface area contributed by atoms with Crippen LogP contribution in [0.3, 0.4) is 0 Å². The Kier molecular flexibility index (Phi) is 10.2. The largest absolute Gasteiger partial charge is 0.357 e. The summed E-state index contributed by atoms with van der Waals surface area (Å²) in [7, 11) is 0. The van der Waals surface area contributed by atoms with Crippen molar-refractivity contribution in [1.82, 2.24) is 20.9 Å². The summed E-state index contributed by atoms with van der Waals surface area (Å²) in [4.78, 5) is 20.6. The molecular weight excluding hydrogens is 437 g/mol. The lowest BCUT2D eigenvalue weighted by Crippen LogP contribution is -2.38. The van der Waals surface area contributed by atoms with Gasteiger partial charge in [-0.1, -0.05) is 0 Å². The Labute approximate surface area is 165 Å². The van der Waals surface area contributed by atoms with Crippen molar-refractivity contribution in [2.75, 3.05) is 19.6 Å². The number of nitrogens with zero attached hydrogens (tertiary/aromatic N) is 2. The van der Waals surface area contributed by atoms with Gasteiger partial charge in [-0.2, -0.15) is 0 Å². The molecule has 0 aliphatic heterocycles. The van der Waals surface area contributed by atoms with Crippen molar-refractivity contribution in [2.45, 2.75) is 52.0 Å². The molecule has 0 unspecified atom stereocenters. The lowest BCUT2D eigenvalue weighted by atomic mass is 10.3. The van der Waals surface area contributed by atoms with E-state index >= 15 is 0 Å². The average Bonchev–Trinajstić information content (AvgIpc) is 3.23. The van der Waals surface area contributed by atoms with Crippen LogP contribution in [0.15, 0.2) is 10.4 Å². The van der Waals surface area contributed by atoms with Crippen LogP contribution in [0.25, 0.3) is 0 Å². The van der Waals surface area contributed by atoms with E-state index in [9.17, 15) is 4.79 Å². The Bertz CT molecular complexity index is 530. The molecule has 24 heavy (non-hydrogen) atoms. The van der Waals surface area contributed by atoms with Gasteiger partial charge in [-0.15, -0.1) is 35.3 Å². The van der Waals surface area contributed by atoms with Gasteiger partial charge in [0.1, 0.15) is 0 Å². The van der Waals surface area contributed by atoms with Gasteiger partial charge >= 0.3 is 0 Å². The van der Waals surface area contributed by atoms with Crippen LogP contribution in [0, 0.1) is 6.92 Å². The smallest absolute Gasteiger partial charge is 0.220 e. The van der Waals surface area contributed by atoms with Crippen LogP contribution in [0.5, 0.6) is 0 Å². The third kappa shape index (κ3) is 8.81. The number of rotatable bonds is 9. The monoisotopic (exact) mass is 465 g/mol. The van der Waals surface area contributed by atoms with Gasteiger partial charge < -0.3 is 16.0 Å². The number of carbonyl (C=O) groups is 1. The number of guanidine groups is 1. The molecule has 6 nitrogen and oxygen atoms in total. The maximum absolute atomic E-state index is 11.6. The maximum Gasteiger partial charge on any atom is 0.220 e. The minimum Gasteiger partial charge on any atom is -0.357 e. The second-order valence-electron chi connectivity index (χ2n) is 5.74. The Morgan fingerprint density at radius 2 is 2.21 bits per heavy atom. The van der Waals surface area contributed by atoms with Gasteiger partial charge in [-0.25, -0.2) is 4.98 Å². The summed E-state index contributed by atoms with van der Waals surface area (Å²) in [5.74, 6) is 0.960. The molecule has 0 spiro atoms. The first-order valence-electron chi connectivity index (χ1n) is 8.40.